The first-order chi connectivity index (χ1) is 17.7. The Kier molecular flexibility index (Phi) is 7.45. The van der Waals surface area contributed by atoms with Gasteiger partial charge in [-0.25, -0.2) is 8.42 Å². The first-order valence-corrected chi connectivity index (χ1v) is 13.1. The number of aromatic nitrogens is 1. The van der Waals surface area contributed by atoms with Gasteiger partial charge in [-0.1, -0.05) is 60.7 Å². The highest BCUT2D eigenvalue weighted by atomic mass is 32.2. The monoisotopic (exact) mass is 516 g/mol. The fraction of sp³-hybridized carbons (Fsp3) is 0.143. The second kappa shape index (κ2) is 10.7. The molecular weight excluding hydrogens is 488 g/mol. The van der Waals surface area contributed by atoms with Crippen molar-refractivity contribution >= 4 is 44.9 Å². The average molecular weight is 517 g/mol. The number of nitrogens with two attached hydrogens (primary N) is 1. The number of allylic oxidation sites excluding steroid dienone is 3. The van der Waals surface area contributed by atoms with Crippen LogP contribution < -0.4 is 16.4 Å². The third-order valence-corrected chi connectivity index (χ3v) is 8.36. The Morgan fingerprint density at radius 3 is 2.49 bits per heavy atom. The van der Waals surface area contributed by atoms with E-state index in [9.17, 15) is 18.0 Å². The van der Waals surface area contributed by atoms with E-state index >= 15 is 0 Å². The molecule has 37 heavy (non-hydrogen) atoms. The molecule has 0 radical (unpaired) electrons. The molecule has 3 aromatic rings. The first-order valence-electron chi connectivity index (χ1n) is 11.7. The fourth-order valence-corrected chi connectivity index (χ4v) is 5.69. The summed E-state index contributed by atoms with van der Waals surface area (Å²) in [7, 11) is -3.98. The topological polar surface area (TPSA) is 123 Å². The van der Waals surface area contributed by atoms with Gasteiger partial charge in [-0.15, -0.1) is 0 Å². The van der Waals surface area contributed by atoms with E-state index in [0.717, 1.165) is 15.1 Å². The number of nitrogen functional groups attached to an aromatic ring is 1. The number of nitrogens with one attached hydrogen (secondary N) is 2. The fourth-order valence-electron chi connectivity index (χ4n) is 4.00. The van der Waals surface area contributed by atoms with E-state index in [0.29, 0.717) is 16.9 Å². The van der Waals surface area contributed by atoms with Crippen LogP contribution in [0.3, 0.4) is 0 Å². The lowest BCUT2D eigenvalue weighted by Gasteiger charge is -2.32. The van der Waals surface area contributed by atoms with Gasteiger partial charge in [0, 0.05) is 31.9 Å². The maximum absolute atomic E-state index is 13.8. The maximum Gasteiger partial charge on any atom is 0.249 e. The molecule has 0 aliphatic heterocycles. The molecule has 1 heterocycles. The van der Waals surface area contributed by atoms with E-state index in [1.807, 2.05) is 36.4 Å². The molecule has 9 heteroatoms. The van der Waals surface area contributed by atoms with Crippen molar-refractivity contribution in [3.63, 3.8) is 0 Å². The van der Waals surface area contributed by atoms with Gasteiger partial charge < -0.3 is 16.4 Å². The Morgan fingerprint density at radius 1 is 1.08 bits per heavy atom. The van der Waals surface area contributed by atoms with Crippen LogP contribution in [0.5, 0.6) is 0 Å². The van der Waals surface area contributed by atoms with Gasteiger partial charge in [0.05, 0.1) is 11.4 Å². The first kappa shape index (κ1) is 25.7. The summed E-state index contributed by atoms with van der Waals surface area (Å²) in [6.45, 7) is 1.27. The van der Waals surface area contributed by atoms with Crippen LogP contribution in [0.1, 0.15) is 24.5 Å². The van der Waals surface area contributed by atoms with Crippen molar-refractivity contribution in [3.8, 4) is 0 Å². The van der Waals surface area contributed by atoms with Crippen LogP contribution in [0.15, 0.2) is 97.4 Å². The van der Waals surface area contributed by atoms with Crippen LogP contribution in [0, 0.1) is 0 Å². The summed E-state index contributed by atoms with van der Waals surface area (Å²) < 4.78 is 27.4. The molecule has 1 aliphatic carbocycles. The Labute approximate surface area is 216 Å². The van der Waals surface area contributed by atoms with Crippen LogP contribution in [-0.4, -0.2) is 35.5 Å². The second-order valence-corrected chi connectivity index (χ2v) is 10.9. The minimum atomic E-state index is -3.98. The molecule has 0 saturated heterocycles. The highest BCUT2D eigenvalue weighted by molar-refractivity contribution is 7.91. The van der Waals surface area contributed by atoms with Crippen LogP contribution in [0.4, 0.5) is 11.4 Å². The Morgan fingerprint density at radius 2 is 1.81 bits per heavy atom. The second-order valence-electron chi connectivity index (χ2n) is 8.73. The van der Waals surface area contributed by atoms with Gasteiger partial charge in [0.1, 0.15) is 4.75 Å². The number of benzene rings is 2. The zero-order valence-corrected chi connectivity index (χ0v) is 21.1. The molecule has 8 nitrogen and oxygen atoms in total. The van der Waals surface area contributed by atoms with Gasteiger partial charge in [0.15, 0.2) is 0 Å². The van der Waals surface area contributed by atoms with Gasteiger partial charge in [0.2, 0.25) is 21.8 Å². The number of hydrogen-bond acceptors (Lipinski definition) is 5. The molecule has 4 N–H and O–H groups in total. The number of rotatable bonds is 8. The van der Waals surface area contributed by atoms with Crippen molar-refractivity contribution < 1.29 is 18.0 Å². The molecule has 1 aliphatic rings. The molecule has 0 fully saturated rings. The molecule has 0 spiro atoms. The highest BCUT2D eigenvalue weighted by Crippen LogP contribution is 2.34. The molecule has 0 saturated carbocycles. The Balaban J connectivity index is 1.55. The van der Waals surface area contributed by atoms with Gasteiger partial charge in [-0.05, 0) is 47.4 Å². The van der Waals surface area contributed by atoms with E-state index in [-0.39, 0.29) is 18.9 Å². The van der Waals surface area contributed by atoms with Crippen LogP contribution in [0.25, 0.3) is 11.6 Å². The number of carbonyl (C=O) groups excluding carboxylic acids is 2. The highest BCUT2D eigenvalue weighted by Gasteiger charge is 2.43. The van der Waals surface area contributed by atoms with E-state index in [1.165, 1.54) is 31.5 Å². The third kappa shape index (κ3) is 5.73. The summed E-state index contributed by atoms with van der Waals surface area (Å²) in [4.78, 5) is 24.0. The molecule has 0 bridgehead atoms. The summed E-state index contributed by atoms with van der Waals surface area (Å²) in [5, 5.41) is 5.36. The van der Waals surface area contributed by atoms with Crippen molar-refractivity contribution in [2.45, 2.75) is 18.1 Å². The Bertz CT molecular complexity index is 1500. The number of nitrogens with zero attached hydrogens (tertiary/aromatic N) is 1. The summed E-state index contributed by atoms with van der Waals surface area (Å²) in [6.07, 6.45) is 11.2. The zero-order valence-electron chi connectivity index (χ0n) is 20.3. The molecule has 1 aromatic heterocycles. The number of carbonyl (C=O) groups is 2. The molecule has 2 aromatic carbocycles. The summed E-state index contributed by atoms with van der Waals surface area (Å²) in [5.74, 6) is -0.716. The summed E-state index contributed by atoms with van der Waals surface area (Å²) in [6, 6.07) is 18.2. The standard InChI is InChI=1S/C28H28N4O4S/c1-21(33)30-20-28(16-13-24(14-17-28)23-7-3-2-4-8-23)37(35,36)32-18-15-22(19-32)11-12-27(34)31-26-10-6-5-9-25(26)29/h2-16,18-19H,17,20,29H2,1H3,(H,30,33)(H,31,34). The van der Waals surface area contributed by atoms with Gasteiger partial charge in [-0.3, -0.25) is 13.6 Å². The van der Waals surface area contributed by atoms with Crippen molar-refractivity contribution in [1.29, 1.82) is 0 Å². The van der Waals surface area contributed by atoms with Crippen LogP contribution in [-0.2, 0) is 19.6 Å². The van der Waals surface area contributed by atoms with Crippen molar-refractivity contribution in [3.05, 3.63) is 108 Å². The quantitative estimate of drug-likeness (QED) is 0.310. The normalized spacial score (nSPS) is 17.4. The van der Waals surface area contributed by atoms with E-state index in [1.54, 1.807) is 42.5 Å². The molecular formula is C28H28N4O4S. The van der Waals surface area contributed by atoms with E-state index < -0.39 is 20.7 Å². The predicted molar refractivity (Wildman–Crippen MR) is 147 cm³/mol. The van der Waals surface area contributed by atoms with E-state index in [2.05, 4.69) is 10.6 Å². The van der Waals surface area contributed by atoms with Gasteiger partial charge in [-0.2, -0.15) is 0 Å². The lowest BCUT2D eigenvalue weighted by molar-refractivity contribution is -0.119. The van der Waals surface area contributed by atoms with Gasteiger partial charge in [0.25, 0.3) is 0 Å². The molecule has 4 rings (SSSR count). The largest absolute Gasteiger partial charge is 0.397 e. The van der Waals surface area contributed by atoms with Crippen LogP contribution in [0.2, 0.25) is 0 Å². The molecule has 1 unspecified atom stereocenters. The smallest absolute Gasteiger partial charge is 0.249 e. The summed E-state index contributed by atoms with van der Waals surface area (Å²) >= 11 is 0. The molecule has 2 amide bonds. The number of amides is 2. The van der Waals surface area contributed by atoms with Crippen LogP contribution >= 0.6 is 0 Å². The predicted octanol–water partition coefficient (Wildman–Crippen LogP) is 3.82. The van der Waals surface area contributed by atoms with E-state index in [4.69, 9.17) is 5.73 Å². The van der Waals surface area contributed by atoms with Crippen molar-refractivity contribution in [2.24, 2.45) is 0 Å². The third-order valence-electron chi connectivity index (χ3n) is 6.11. The summed E-state index contributed by atoms with van der Waals surface area (Å²) in [5.41, 5.74) is 9.20. The molecule has 1 atom stereocenters. The Hall–Kier alpha value is -4.37. The lowest BCUT2D eigenvalue weighted by atomic mass is 9.92. The number of hydrogen-bond donors (Lipinski definition) is 3. The number of para-hydroxylation sites is 2. The minimum Gasteiger partial charge on any atom is -0.397 e. The number of anilines is 2. The molecule has 190 valence electrons. The zero-order chi connectivity index (χ0) is 26.5. The minimum absolute atomic E-state index is 0.0794. The lowest BCUT2D eigenvalue weighted by Crippen LogP contribution is -2.49. The van der Waals surface area contributed by atoms with Crippen molar-refractivity contribution in [2.75, 3.05) is 17.6 Å². The van der Waals surface area contributed by atoms with Crippen molar-refractivity contribution in [1.82, 2.24) is 9.29 Å². The van der Waals surface area contributed by atoms with Gasteiger partial charge >= 0.3 is 0 Å². The SMILES string of the molecule is CC(=O)NCC1(S(=O)(=O)n2ccc(C=CC(=O)Nc3ccccc3N)c2)C=CC(c2ccccc2)=CC1. The maximum atomic E-state index is 13.8. The average Bonchev–Trinajstić information content (AvgIpc) is 3.38.